The van der Waals surface area contributed by atoms with Crippen molar-refractivity contribution in [3.8, 4) is 0 Å². The van der Waals surface area contributed by atoms with Gasteiger partial charge >= 0.3 is 0 Å². The summed E-state index contributed by atoms with van der Waals surface area (Å²) in [4.78, 5) is 0. The van der Waals surface area contributed by atoms with Crippen LogP contribution in [0.3, 0.4) is 0 Å². The molecule has 2 aromatic heterocycles. The van der Waals surface area contributed by atoms with Gasteiger partial charge in [-0.2, -0.15) is 0 Å². The van der Waals surface area contributed by atoms with Gasteiger partial charge in [-0.15, -0.1) is 0 Å². The number of rotatable bonds is 0. The second-order valence-corrected chi connectivity index (χ2v) is 2.25. The summed E-state index contributed by atoms with van der Waals surface area (Å²) in [5.74, 6) is 0.780. The largest absolute Gasteiger partial charge is 0.385 e. The molecule has 2 heteroatoms. The van der Waals surface area contributed by atoms with E-state index in [1.807, 2.05) is 40.9 Å². The molecule has 2 nitrogen and oxygen atoms in total. The van der Waals surface area contributed by atoms with Crippen LogP contribution in [0, 0.1) is 0 Å². The maximum absolute atomic E-state index is 5.66. The van der Waals surface area contributed by atoms with Gasteiger partial charge in [0.05, 0.1) is 0 Å². The van der Waals surface area contributed by atoms with Crippen molar-refractivity contribution in [2.24, 2.45) is 0 Å². The van der Waals surface area contributed by atoms with Crippen LogP contribution in [-0.4, -0.2) is 4.40 Å². The summed E-state index contributed by atoms with van der Waals surface area (Å²) in [5.41, 5.74) is 6.80. The van der Waals surface area contributed by atoms with Crippen LogP contribution in [0.25, 0.3) is 5.52 Å². The zero-order valence-electron chi connectivity index (χ0n) is 5.49. The molecular formula is C8H8N2. The summed E-state index contributed by atoms with van der Waals surface area (Å²) in [5, 5.41) is 0. The molecule has 0 saturated heterocycles. The Bertz CT molecular complexity index is 349. The molecule has 0 atom stereocenters. The van der Waals surface area contributed by atoms with Gasteiger partial charge in [-0.3, -0.25) is 0 Å². The van der Waals surface area contributed by atoms with Crippen LogP contribution in [0.5, 0.6) is 0 Å². The first-order valence-electron chi connectivity index (χ1n) is 3.19. The van der Waals surface area contributed by atoms with Crippen LogP contribution in [0.1, 0.15) is 0 Å². The Kier molecular flexibility index (Phi) is 0.947. The number of anilines is 1. The van der Waals surface area contributed by atoms with E-state index in [4.69, 9.17) is 5.73 Å². The molecule has 50 valence electrons. The first-order valence-corrected chi connectivity index (χ1v) is 3.19. The summed E-state index contributed by atoms with van der Waals surface area (Å²) >= 11 is 0. The van der Waals surface area contributed by atoms with Crippen LogP contribution in [0.15, 0.2) is 36.5 Å². The van der Waals surface area contributed by atoms with E-state index in [0.717, 1.165) is 11.3 Å². The molecule has 2 heterocycles. The second kappa shape index (κ2) is 1.77. The van der Waals surface area contributed by atoms with E-state index in [1.54, 1.807) is 0 Å². The van der Waals surface area contributed by atoms with Crippen molar-refractivity contribution in [2.45, 2.75) is 0 Å². The lowest BCUT2D eigenvalue weighted by atomic mass is 10.4. The van der Waals surface area contributed by atoms with E-state index in [1.165, 1.54) is 0 Å². The number of nitrogen functional groups attached to an aromatic ring is 1. The van der Waals surface area contributed by atoms with E-state index in [-0.39, 0.29) is 0 Å². The van der Waals surface area contributed by atoms with Gasteiger partial charge in [0.15, 0.2) is 0 Å². The van der Waals surface area contributed by atoms with Crippen LogP contribution in [0.4, 0.5) is 5.82 Å². The van der Waals surface area contributed by atoms with E-state index in [2.05, 4.69) is 0 Å². The fourth-order valence-corrected chi connectivity index (χ4v) is 1.09. The Labute approximate surface area is 58.9 Å². The van der Waals surface area contributed by atoms with Gasteiger partial charge < -0.3 is 10.1 Å². The number of pyridine rings is 1. The van der Waals surface area contributed by atoms with E-state index >= 15 is 0 Å². The molecule has 0 radical (unpaired) electrons. The average Bonchev–Trinajstić information content (AvgIpc) is 2.36. The minimum absolute atomic E-state index is 0.780. The number of hydrogen-bond acceptors (Lipinski definition) is 1. The predicted molar refractivity (Wildman–Crippen MR) is 41.8 cm³/mol. The lowest BCUT2D eigenvalue weighted by Gasteiger charge is -1.97. The summed E-state index contributed by atoms with van der Waals surface area (Å²) in [6.07, 6.45) is 1.95. The average molecular weight is 132 g/mol. The summed E-state index contributed by atoms with van der Waals surface area (Å²) < 4.78 is 1.94. The van der Waals surface area contributed by atoms with Crippen molar-refractivity contribution in [1.29, 1.82) is 0 Å². The van der Waals surface area contributed by atoms with Crippen molar-refractivity contribution in [3.05, 3.63) is 36.5 Å². The Morgan fingerprint density at radius 2 is 1.90 bits per heavy atom. The molecule has 0 unspecified atom stereocenters. The van der Waals surface area contributed by atoms with E-state index < -0.39 is 0 Å². The maximum atomic E-state index is 5.66. The minimum Gasteiger partial charge on any atom is -0.385 e. The lowest BCUT2D eigenvalue weighted by Crippen LogP contribution is -1.92. The molecule has 0 amide bonds. The molecule has 0 aliphatic rings. The van der Waals surface area contributed by atoms with Crippen molar-refractivity contribution < 1.29 is 0 Å². The summed E-state index contributed by atoms with van der Waals surface area (Å²) in [7, 11) is 0. The van der Waals surface area contributed by atoms with E-state index in [0.29, 0.717) is 0 Å². The van der Waals surface area contributed by atoms with Crippen molar-refractivity contribution >= 4 is 11.3 Å². The first kappa shape index (κ1) is 5.35. The van der Waals surface area contributed by atoms with Gasteiger partial charge in [0.25, 0.3) is 0 Å². The fourth-order valence-electron chi connectivity index (χ4n) is 1.09. The van der Waals surface area contributed by atoms with Crippen molar-refractivity contribution in [1.82, 2.24) is 4.40 Å². The van der Waals surface area contributed by atoms with Crippen molar-refractivity contribution in [2.75, 3.05) is 5.73 Å². The predicted octanol–water partition coefficient (Wildman–Crippen LogP) is 1.52. The standard InChI is InChI=1S/C8H8N2/c9-8-5-1-3-7-4-2-6-10(7)8/h1-6H,9H2. The van der Waals surface area contributed by atoms with Crippen LogP contribution in [0.2, 0.25) is 0 Å². The quantitative estimate of drug-likeness (QED) is 0.578. The van der Waals surface area contributed by atoms with Gasteiger partial charge in [-0.1, -0.05) is 6.07 Å². The molecular weight excluding hydrogens is 124 g/mol. The molecule has 10 heavy (non-hydrogen) atoms. The second-order valence-electron chi connectivity index (χ2n) is 2.25. The van der Waals surface area contributed by atoms with Gasteiger partial charge in [0.2, 0.25) is 0 Å². The minimum atomic E-state index is 0.780. The molecule has 0 spiro atoms. The molecule has 0 aliphatic heterocycles. The molecule has 2 N–H and O–H groups in total. The third-order valence-corrected chi connectivity index (χ3v) is 1.59. The van der Waals surface area contributed by atoms with Crippen LogP contribution < -0.4 is 5.73 Å². The highest BCUT2D eigenvalue weighted by molar-refractivity contribution is 5.53. The van der Waals surface area contributed by atoms with E-state index in [9.17, 15) is 0 Å². The summed E-state index contributed by atoms with van der Waals surface area (Å²) in [6, 6.07) is 9.86. The number of fused-ring (bicyclic) bond motifs is 1. The highest BCUT2D eigenvalue weighted by Crippen LogP contribution is 2.08. The lowest BCUT2D eigenvalue weighted by molar-refractivity contribution is 1.21. The van der Waals surface area contributed by atoms with Crippen molar-refractivity contribution in [3.63, 3.8) is 0 Å². The Morgan fingerprint density at radius 1 is 1.10 bits per heavy atom. The molecule has 0 saturated carbocycles. The number of nitrogens with two attached hydrogens (primary N) is 1. The fraction of sp³-hybridized carbons (Fsp3) is 0. The third-order valence-electron chi connectivity index (χ3n) is 1.59. The van der Waals surface area contributed by atoms with Gasteiger partial charge in [0.1, 0.15) is 5.82 Å². The zero-order chi connectivity index (χ0) is 6.97. The zero-order valence-corrected chi connectivity index (χ0v) is 5.49. The molecule has 2 rings (SSSR count). The number of hydrogen-bond donors (Lipinski definition) is 1. The highest BCUT2D eigenvalue weighted by Gasteiger charge is 1.91. The Morgan fingerprint density at radius 3 is 2.70 bits per heavy atom. The Balaban J connectivity index is 2.95. The number of aromatic nitrogens is 1. The van der Waals surface area contributed by atoms with Gasteiger partial charge in [-0.05, 0) is 24.3 Å². The van der Waals surface area contributed by atoms with Gasteiger partial charge in [0, 0.05) is 11.7 Å². The van der Waals surface area contributed by atoms with Crippen LogP contribution in [-0.2, 0) is 0 Å². The normalized spacial score (nSPS) is 10.4. The molecule has 0 aromatic carbocycles. The van der Waals surface area contributed by atoms with Gasteiger partial charge in [-0.25, -0.2) is 0 Å². The molecule has 2 aromatic rings. The van der Waals surface area contributed by atoms with Crippen LogP contribution >= 0.6 is 0 Å². The first-order chi connectivity index (χ1) is 4.88. The maximum Gasteiger partial charge on any atom is 0.107 e. The highest BCUT2D eigenvalue weighted by atomic mass is 15.0. The molecule has 0 fully saturated rings. The smallest absolute Gasteiger partial charge is 0.107 e. The molecule has 0 bridgehead atoms. The summed E-state index contributed by atoms with van der Waals surface area (Å²) in [6.45, 7) is 0. The number of nitrogens with zero attached hydrogens (tertiary/aromatic N) is 1. The Hall–Kier alpha value is -1.44. The monoisotopic (exact) mass is 132 g/mol. The third kappa shape index (κ3) is 0.589. The topological polar surface area (TPSA) is 30.4 Å². The SMILES string of the molecule is Nc1cccc2cccn12. The molecule has 0 aliphatic carbocycles.